The first-order valence-corrected chi connectivity index (χ1v) is 3.70. The zero-order chi connectivity index (χ0) is 8.49. The van der Waals surface area contributed by atoms with Gasteiger partial charge in [0.2, 0.25) is 0 Å². The number of hydrogen-bond donors (Lipinski definition) is 0. The van der Waals surface area contributed by atoms with Crippen molar-refractivity contribution in [3.8, 4) is 0 Å². The summed E-state index contributed by atoms with van der Waals surface area (Å²) in [6.07, 6.45) is 4.88. The monoisotopic (exact) mass is 174 g/mol. The predicted octanol–water partition coefficient (Wildman–Crippen LogP) is 2.80. The molecular weight excluding hydrogens is 160 g/mol. The van der Waals surface area contributed by atoms with E-state index in [-0.39, 0.29) is 7.43 Å². The summed E-state index contributed by atoms with van der Waals surface area (Å²) < 4.78 is 0. The number of hydrogen-bond acceptors (Lipinski definition) is 2. The van der Waals surface area contributed by atoms with Crippen molar-refractivity contribution < 1.29 is 0 Å². The zero-order valence-corrected chi connectivity index (χ0v) is 6.67. The van der Waals surface area contributed by atoms with Crippen molar-refractivity contribution in [2.45, 2.75) is 7.43 Å². The van der Waals surface area contributed by atoms with Gasteiger partial charge < -0.3 is 0 Å². The lowest BCUT2D eigenvalue weighted by Gasteiger charge is -1.70. The molecule has 2 aromatic rings. The van der Waals surface area contributed by atoms with Gasteiger partial charge in [0.15, 0.2) is 0 Å². The summed E-state index contributed by atoms with van der Waals surface area (Å²) in [5, 5.41) is 0. The Morgan fingerprint density at radius 1 is 0.538 bits per heavy atom. The summed E-state index contributed by atoms with van der Waals surface area (Å²) in [7, 11) is 0. The van der Waals surface area contributed by atoms with Crippen LogP contribution in [-0.2, 0) is 0 Å². The quantitative estimate of drug-likeness (QED) is 0.613. The van der Waals surface area contributed by atoms with Gasteiger partial charge in [0.05, 0.1) is 0 Å². The van der Waals surface area contributed by atoms with Crippen molar-refractivity contribution in [3.05, 3.63) is 61.2 Å². The van der Waals surface area contributed by atoms with Gasteiger partial charge in [-0.2, -0.15) is 0 Å². The highest BCUT2D eigenvalue weighted by Gasteiger charge is 1.59. The van der Waals surface area contributed by atoms with E-state index in [4.69, 9.17) is 0 Å². The fraction of sp³-hybridized carbons (Fsp3) is 0.0909. The summed E-state index contributed by atoms with van der Waals surface area (Å²) in [6, 6.07) is 13.8. The molecule has 0 spiro atoms. The fourth-order valence-corrected chi connectivity index (χ4v) is 0.638. The highest BCUT2D eigenvalue weighted by Crippen LogP contribution is 1.79. The molecular formula is C11H14N2. The fourth-order valence-electron chi connectivity index (χ4n) is 0.638. The van der Waals surface area contributed by atoms with Gasteiger partial charge in [0, 0.05) is 12.4 Å². The summed E-state index contributed by atoms with van der Waals surface area (Å²) in [5.74, 6) is 0. The molecule has 0 bridgehead atoms. The lowest BCUT2D eigenvalue weighted by atomic mass is 10.4. The van der Waals surface area contributed by atoms with E-state index in [1.807, 2.05) is 36.4 Å². The molecule has 1 aromatic carbocycles. The molecule has 0 atom stereocenters. The minimum absolute atomic E-state index is 0. The average Bonchev–Trinajstić information content (AvgIpc) is 2.24. The van der Waals surface area contributed by atoms with Crippen LogP contribution in [0.25, 0.3) is 0 Å². The summed E-state index contributed by atoms with van der Waals surface area (Å²) >= 11 is 0. The maximum absolute atomic E-state index is 3.67. The third-order valence-corrected chi connectivity index (χ3v) is 1.14. The molecule has 0 fully saturated rings. The Bertz CT molecular complexity index is 183. The Kier molecular flexibility index (Phi) is 7.30. The Morgan fingerprint density at radius 2 is 0.923 bits per heavy atom. The lowest BCUT2D eigenvalue weighted by Crippen LogP contribution is -1.66. The van der Waals surface area contributed by atoms with Crippen LogP contribution in [0.5, 0.6) is 0 Å². The van der Waals surface area contributed by atoms with Gasteiger partial charge in [-0.15, -0.1) is 0 Å². The maximum atomic E-state index is 3.67. The van der Waals surface area contributed by atoms with Gasteiger partial charge in [-0.1, -0.05) is 43.8 Å². The minimum Gasteiger partial charge on any atom is -0.245 e. The van der Waals surface area contributed by atoms with Crippen molar-refractivity contribution in [2.24, 2.45) is 0 Å². The van der Waals surface area contributed by atoms with Crippen LogP contribution >= 0.6 is 0 Å². The Morgan fingerprint density at radius 3 is 1.08 bits per heavy atom. The molecule has 0 saturated heterocycles. The van der Waals surface area contributed by atoms with Gasteiger partial charge in [0.25, 0.3) is 0 Å². The van der Waals surface area contributed by atoms with Crippen molar-refractivity contribution >= 4 is 0 Å². The van der Waals surface area contributed by atoms with E-state index in [1.54, 1.807) is 18.5 Å². The Balaban J connectivity index is 0.000000206. The topological polar surface area (TPSA) is 25.8 Å². The standard InChI is InChI=1S/C6H6.C4H4N2.CH4/c1-2-4-6-5-3-1;1-2-5-4-6-3-1;/h1-6H;1-4H;1H4. The largest absolute Gasteiger partial charge is 0.245 e. The van der Waals surface area contributed by atoms with Crippen LogP contribution in [0.1, 0.15) is 7.43 Å². The van der Waals surface area contributed by atoms with Crippen LogP contribution in [0.2, 0.25) is 0 Å². The number of aromatic nitrogens is 2. The first kappa shape index (κ1) is 11.3. The smallest absolute Gasteiger partial charge is 0.115 e. The molecule has 0 saturated carbocycles. The molecule has 1 aromatic heterocycles. The number of benzene rings is 1. The van der Waals surface area contributed by atoms with Gasteiger partial charge in [-0.05, 0) is 6.07 Å². The molecule has 0 aliphatic heterocycles. The van der Waals surface area contributed by atoms with Crippen LogP contribution in [0, 0.1) is 0 Å². The van der Waals surface area contributed by atoms with Crippen LogP contribution in [0.4, 0.5) is 0 Å². The maximum Gasteiger partial charge on any atom is 0.115 e. The van der Waals surface area contributed by atoms with Crippen LogP contribution < -0.4 is 0 Å². The molecule has 1 heterocycles. The summed E-state index contributed by atoms with van der Waals surface area (Å²) in [5.41, 5.74) is 0. The van der Waals surface area contributed by atoms with E-state index < -0.39 is 0 Å². The van der Waals surface area contributed by atoms with Gasteiger partial charge in [0.1, 0.15) is 6.33 Å². The third kappa shape index (κ3) is 6.69. The van der Waals surface area contributed by atoms with Crippen LogP contribution in [0.15, 0.2) is 61.2 Å². The van der Waals surface area contributed by atoms with Gasteiger partial charge >= 0.3 is 0 Å². The van der Waals surface area contributed by atoms with E-state index >= 15 is 0 Å². The van der Waals surface area contributed by atoms with Crippen LogP contribution in [0.3, 0.4) is 0 Å². The number of rotatable bonds is 0. The third-order valence-electron chi connectivity index (χ3n) is 1.14. The molecule has 0 N–H and O–H groups in total. The van der Waals surface area contributed by atoms with E-state index in [1.165, 1.54) is 6.33 Å². The molecule has 0 radical (unpaired) electrons. The molecule has 0 unspecified atom stereocenters. The lowest BCUT2D eigenvalue weighted by molar-refractivity contribution is 1.17. The molecule has 68 valence electrons. The van der Waals surface area contributed by atoms with Crippen molar-refractivity contribution in [2.75, 3.05) is 0 Å². The Labute approximate surface area is 79.3 Å². The molecule has 2 heteroatoms. The molecule has 0 aliphatic rings. The van der Waals surface area contributed by atoms with E-state index in [9.17, 15) is 0 Å². The molecule has 0 aliphatic carbocycles. The van der Waals surface area contributed by atoms with Crippen molar-refractivity contribution in [3.63, 3.8) is 0 Å². The van der Waals surface area contributed by atoms with Gasteiger partial charge in [-0.25, -0.2) is 9.97 Å². The van der Waals surface area contributed by atoms with E-state index in [0.29, 0.717) is 0 Å². The Hall–Kier alpha value is -1.70. The molecule has 2 nitrogen and oxygen atoms in total. The minimum atomic E-state index is 0. The first-order chi connectivity index (χ1) is 6.00. The van der Waals surface area contributed by atoms with Gasteiger partial charge in [-0.3, -0.25) is 0 Å². The highest BCUT2D eigenvalue weighted by molar-refractivity contribution is 4.99. The molecule has 2 rings (SSSR count). The SMILES string of the molecule is C.c1ccccc1.c1cncnc1. The van der Waals surface area contributed by atoms with Crippen molar-refractivity contribution in [1.29, 1.82) is 0 Å². The van der Waals surface area contributed by atoms with Crippen molar-refractivity contribution in [1.82, 2.24) is 9.97 Å². The number of nitrogens with zero attached hydrogens (tertiary/aromatic N) is 2. The second-order valence-electron chi connectivity index (χ2n) is 2.06. The highest BCUT2D eigenvalue weighted by atomic mass is 14.8. The second kappa shape index (κ2) is 8.40. The normalized spacial score (nSPS) is 7.38. The molecule has 0 amide bonds. The summed E-state index contributed by atoms with van der Waals surface area (Å²) in [6.45, 7) is 0. The average molecular weight is 174 g/mol. The molecule has 13 heavy (non-hydrogen) atoms. The zero-order valence-electron chi connectivity index (χ0n) is 6.67. The summed E-state index contributed by atoms with van der Waals surface area (Å²) in [4.78, 5) is 7.35. The predicted molar refractivity (Wildman–Crippen MR) is 55.2 cm³/mol. The second-order valence-corrected chi connectivity index (χ2v) is 2.06. The first-order valence-electron chi connectivity index (χ1n) is 3.70. The van der Waals surface area contributed by atoms with E-state index in [0.717, 1.165) is 0 Å². The van der Waals surface area contributed by atoms with Crippen LogP contribution in [-0.4, -0.2) is 9.97 Å². The van der Waals surface area contributed by atoms with E-state index in [2.05, 4.69) is 9.97 Å².